The van der Waals surface area contributed by atoms with E-state index in [-0.39, 0.29) is 17.9 Å². The maximum Gasteiger partial charge on any atom is 0.241 e. The average molecular weight is 495 g/mol. The van der Waals surface area contributed by atoms with Crippen LogP contribution in [0.25, 0.3) is 11.4 Å². The number of hydrogen-bond acceptors (Lipinski definition) is 8. The molecular weight excluding hydrogens is 460 g/mol. The molecule has 3 aromatic rings. The van der Waals surface area contributed by atoms with Crippen LogP contribution in [0.2, 0.25) is 0 Å². The number of benzene rings is 2. The average Bonchev–Trinajstić information content (AvgIpc) is 3.36. The summed E-state index contributed by atoms with van der Waals surface area (Å²) in [6.07, 6.45) is 1.79. The van der Waals surface area contributed by atoms with Crippen molar-refractivity contribution in [3.05, 3.63) is 53.9 Å². The van der Waals surface area contributed by atoms with Crippen LogP contribution in [0.5, 0.6) is 17.2 Å². The van der Waals surface area contributed by atoms with E-state index < -0.39 is 0 Å². The van der Waals surface area contributed by atoms with E-state index in [2.05, 4.69) is 20.4 Å². The number of piperidine rings is 1. The van der Waals surface area contributed by atoms with Gasteiger partial charge in [-0.15, -0.1) is 0 Å². The van der Waals surface area contributed by atoms with Gasteiger partial charge < -0.3 is 24.1 Å². The van der Waals surface area contributed by atoms with Gasteiger partial charge in [0.1, 0.15) is 12.4 Å². The number of nitrogens with one attached hydrogen (secondary N) is 1. The lowest BCUT2D eigenvalue weighted by atomic mass is 9.97. The minimum atomic E-state index is -0.0903. The smallest absolute Gasteiger partial charge is 0.241 e. The fourth-order valence-electron chi connectivity index (χ4n) is 4.35. The topological polar surface area (TPSA) is 99.0 Å². The van der Waals surface area contributed by atoms with Gasteiger partial charge in [0.15, 0.2) is 11.5 Å². The van der Waals surface area contributed by atoms with Crippen LogP contribution < -0.4 is 19.5 Å². The Bertz CT molecular complexity index is 1160. The summed E-state index contributed by atoms with van der Waals surface area (Å²) in [6.45, 7) is 6.42. The molecule has 2 heterocycles. The Morgan fingerprint density at radius 3 is 2.75 bits per heavy atom. The highest BCUT2D eigenvalue weighted by Gasteiger charge is 2.28. The highest BCUT2D eigenvalue weighted by molar-refractivity contribution is 5.79. The normalized spacial score (nSPS) is 16.8. The summed E-state index contributed by atoms with van der Waals surface area (Å²) in [5.41, 5.74) is 1.86. The number of rotatable bonds is 10. The van der Waals surface area contributed by atoms with Crippen molar-refractivity contribution in [3.8, 4) is 28.6 Å². The molecule has 1 aliphatic heterocycles. The molecule has 2 unspecified atom stereocenters. The number of hydrogen-bond donors (Lipinski definition) is 1. The SMILES string of the molecule is COc1ccc(-c2noc(CN3CCCC(C(=O)NC(C)COc4ccccc4C)C3)n2)cc1OC. The van der Waals surface area contributed by atoms with Gasteiger partial charge in [-0.05, 0) is 63.1 Å². The third-order valence-corrected chi connectivity index (χ3v) is 6.32. The molecule has 1 aromatic heterocycles. The van der Waals surface area contributed by atoms with Crippen molar-refractivity contribution in [1.29, 1.82) is 0 Å². The van der Waals surface area contributed by atoms with Crippen LogP contribution in [0, 0.1) is 12.8 Å². The first-order valence-corrected chi connectivity index (χ1v) is 12.2. The van der Waals surface area contributed by atoms with Crippen molar-refractivity contribution in [2.24, 2.45) is 5.92 Å². The third-order valence-electron chi connectivity index (χ3n) is 6.32. The first kappa shape index (κ1) is 25.5. The minimum absolute atomic E-state index is 0.0529. The zero-order valence-corrected chi connectivity index (χ0v) is 21.3. The number of ether oxygens (including phenoxy) is 3. The fourth-order valence-corrected chi connectivity index (χ4v) is 4.35. The van der Waals surface area contributed by atoms with Gasteiger partial charge in [-0.1, -0.05) is 23.4 Å². The van der Waals surface area contributed by atoms with Crippen molar-refractivity contribution in [1.82, 2.24) is 20.4 Å². The van der Waals surface area contributed by atoms with Crippen LogP contribution in [-0.2, 0) is 11.3 Å². The molecule has 1 fully saturated rings. The molecule has 1 saturated heterocycles. The van der Waals surface area contributed by atoms with Crippen molar-refractivity contribution >= 4 is 5.91 Å². The van der Waals surface area contributed by atoms with Crippen LogP contribution in [0.15, 0.2) is 47.0 Å². The summed E-state index contributed by atoms with van der Waals surface area (Å²) in [7, 11) is 3.18. The number of amides is 1. The summed E-state index contributed by atoms with van der Waals surface area (Å²) in [4.78, 5) is 19.7. The molecule has 2 aromatic carbocycles. The molecule has 9 heteroatoms. The predicted octanol–water partition coefficient (Wildman–Crippen LogP) is 3.86. The summed E-state index contributed by atoms with van der Waals surface area (Å²) in [6, 6.07) is 13.3. The molecule has 192 valence electrons. The predicted molar refractivity (Wildman–Crippen MR) is 135 cm³/mol. The number of nitrogens with zero attached hydrogens (tertiary/aromatic N) is 3. The maximum absolute atomic E-state index is 12.9. The molecule has 0 spiro atoms. The molecule has 2 atom stereocenters. The molecule has 1 amide bonds. The Hall–Kier alpha value is -3.59. The second-order valence-electron chi connectivity index (χ2n) is 9.14. The van der Waals surface area contributed by atoms with Gasteiger partial charge in [-0.25, -0.2) is 0 Å². The van der Waals surface area contributed by atoms with Crippen LogP contribution in [0.3, 0.4) is 0 Å². The Labute approximate surface area is 211 Å². The van der Waals surface area contributed by atoms with E-state index in [9.17, 15) is 4.79 Å². The van der Waals surface area contributed by atoms with E-state index in [1.54, 1.807) is 14.2 Å². The van der Waals surface area contributed by atoms with E-state index in [0.29, 0.717) is 42.9 Å². The molecule has 1 N–H and O–H groups in total. The molecule has 0 bridgehead atoms. The quantitative estimate of drug-likeness (QED) is 0.454. The number of methoxy groups -OCH3 is 2. The second-order valence-corrected chi connectivity index (χ2v) is 9.14. The van der Waals surface area contributed by atoms with Crippen molar-refractivity contribution in [3.63, 3.8) is 0 Å². The number of likely N-dealkylation sites (tertiary alicyclic amines) is 1. The molecule has 36 heavy (non-hydrogen) atoms. The highest BCUT2D eigenvalue weighted by Crippen LogP contribution is 2.31. The van der Waals surface area contributed by atoms with Gasteiger partial charge in [-0.3, -0.25) is 9.69 Å². The molecule has 1 aliphatic rings. The summed E-state index contributed by atoms with van der Waals surface area (Å²) in [5, 5.41) is 7.23. The number of carbonyl (C=O) groups is 1. The molecule has 0 aliphatic carbocycles. The van der Waals surface area contributed by atoms with E-state index >= 15 is 0 Å². The maximum atomic E-state index is 12.9. The molecule has 4 rings (SSSR count). The van der Waals surface area contributed by atoms with Crippen molar-refractivity contribution in [2.45, 2.75) is 39.3 Å². The third kappa shape index (κ3) is 6.34. The highest BCUT2D eigenvalue weighted by atomic mass is 16.5. The largest absolute Gasteiger partial charge is 0.493 e. The Balaban J connectivity index is 1.29. The van der Waals surface area contributed by atoms with Crippen molar-refractivity contribution < 1.29 is 23.5 Å². The van der Waals surface area contributed by atoms with Gasteiger partial charge in [-0.2, -0.15) is 4.98 Å². The lowest BCUT2D eigenvalue weighted by Gasteiger charge is -2.31. The van der Waals surface area contributed by atoms with E-state index in [4.69, 9.17) is 18.7 Å². The van der Waals surface area contributed by atoms with Gasteiger partial charge in [0, 0.05) is 12.1 Å². The molecule has 9 nitrogen and oxygen atoms in total. The van der Waals surface area contributed by atoms with E-state index in [1.807, 2.05) is 56.3 Å². The van der Waals surface area contributed by atoms with Gasteiger partial charge in [0.25, 0.3) is 0 Å². The number of aryl methyl sites for hydroxylation is 1. The van der Waals surface area contributed by atoms with E-state index in [0.717, 1.165) is 36.3 Å². The molecule has 0 saturated carbocycles. The van der Waals surface area contributed by atoms with Crippen LogP contribution >= 0.6 is 0 Å². The zero-order chi connectivity index (χ0) is 25.5. The second kappa shape index (κ2) is 11.9. The summed E-state index contributed by atoms with van der Waals surface area (Å²) >= 11 is 0. The van der Waals surface area contributed by atoms with Crippen LogP contribution in [0.4, 0.5) is 0 Å². The zero-order valence-electron chi connectivity index (χ0n) is 21.3. The first-order chi connectivity index (χ1) is 17.5. The molecular formula is C27H34N4O5. The Morgan fingerprint density at radius 2 is 1.97 bits per heavy atom. The first-order valence-electron chi connectivity index (χ1n) is 12.2. The van der Waals surface area contributed by atoms with E-state index in [1.165, 1.54) is 0 Å². The number of aromatic nitrogens is 2. The lowest BCUT2D eigenvalue weighted by molar-refractivity contribution is -0.127. The lowest BCUT2D eigenvalue weighted by Crippen LogP contribution is -2.46. The van der Waals surface area contributed by atoms with Gasteiger partial charge in [0.2, 0.25) is 17.6 Å². The van der Waals surface area contributed by atoms with Crippen molar-refractivity contribution in [2.75, 3.05) is 33.9 Å². The monoisotopic (exact) mass is 494 g/mol. The Morgan fingerprint density at radius 1 is 1.17 bits per heavy atom. The molecule has 0 radical (unpaired) electrons. The number of carbonyl (C=O) groups excluding carboxylic acids is 1. The minimum Gasteiger partial charge on any atom is -0.493 e. The summed E-state index contributed by atoms with van der Waals surface area (Å²) in [5.74, 6) is 3.04. The van der Waals surface area contributed by atoms with Crippen LogP contribution in [-0.4, -0.2) is 60.9 Å². The summed E-state index contributed by atoms with van der Waals surface area (Å²) < 4.78 is 22.0. The standard InChI is InChI=1S/C27H34N4O5/c1-18-8-5-6-10-22(18)35-17-19(2)28-27(32)21-9-7-13-31(15-21)16-25-29-26(30-36-25)20-11-12-23(33-3)24(14-20)34-4/h5-6,8,10-12,14,19,21H,7,9,13,15-17H2,1-4H3,(H,28,32). The Kier molecular flexibility index (Phi) is 8.43. The van der Waals surface area contributed by atoms with Crippen LogP contribution in [0.1, 0.15) is 31.2 Å². The fraction of sp³-hybridized carbons (Fsp3) is 0.444. The number of para-hydroxylation sites is 1. The van der Waals surface area contributed by atoms with Gasteiger partial charge >= 0.3 is 0 Å². The van der Waals surface area contributed by atoms with Gasteiger partial charge in [0.05, 0.1) is 32.7 Å².